The fourth-order valence-corrected chi connectivity index (χ4v) is 3.27. The molecule has 0 aliphatic heterocycles. The van der Waals surface area contributed by atoms with Crippen LogP contribution in [0, 0.1) is 0 Å². The van der Waals surface area contributed by atoms with E-state index in [4.69, 9.17) is 11.6 Å². The summed E-state index contributed by atoms with van der Waals surface area (Å²) in [5.74, 6) is 0.948. The molecular formula is C24H21ClN4. The maximum atomic E-state index is 6.21. The van der Waals surface area contributed by atoms with Crippen molar-refractivity contribution < 1.29 is 0 Å². The molecule has 29 heavy (non-hydrogen) atoms. The van der Waals surface area contributed by atoms with E-state index in [0.717, 1.165) is 27.7 Å². The predicted molar refractivity (Wildman–Crippen MR) is 122 cm³/mol. The van der Waals surface area contributed by atoms with Gasteiger partial charge < -0.3 is 0 Å². The van der Waals surface area contributed by atoms with E-state index < -0.39 is 0 Å². The summed E-state index contributed by atoms with van der Waals surface area (Å²) in [7, 11) is 0. The predicted octanol–water partition coefficient (Wildman–Crippen LogP) is 6.52. The van der Waals surface area contributed by atoms with Crippen LogP contribution in [0.25, 0.3) is 22.2 Å². The quantitative estimate of drug-likeness (QED) is 0.306. The highest BCUT2D eigenvalue weighted by Crippen LogP contribution is 2.29. The van der Waals surface area contributed by atoms with Gasteiger partial charge in [0.2, 0.25) is 5.95 Å². The molecule has 0 atom stereocenters. The zero-order chi connectivity index (χ0) is 20.2. The number of hydrogen-bond donors (Lipinski definition) is 1. The van der Waals surface area contributed by atoms with Gasteiger partial charge in [-0.1, -0.05) is 80.0 Å². The lowest BCUT2D eigenvalue weighted by Crippen LogP contribution is -2.00. The average Bonchev–Trinajstić information content (AvgIpc) is 2.74. The zero-order valence-corrected chi connectivity index (χ0v) is 17.1. The van der Waals surface area contributed by atoms with Gasteiger partial charge >= 0.3 is 0 Å². The van der Waals surface area contributed by atoms with Crippen molar-refractivity contribution in [3.8, 4) is 11.3 Å². The fourth-order valence-electron chi connectivity index (χ4n) is 3.10. The maximum Gasteiger partial charge on any atom is 0.244 e. The molecule has 4 rings (SSSR count). The minimum atomic E-state index is 0.439. The molecule has 0 aliphatic carbocycles. The summed E-state index contributed by atoms with van der Waals surface area (Å²) in [6.07, 6.45) is 1.77. The molecule has 0 aliphatic rings. The summed E-state index contributed by atoms with van der Waals surface area (Å²) in [6, 6.07) is 24.0. The van der Waals surface area contributed by atoms with Gasteiger partial charge in [-0.25, -0.2) is 15.4 Å². The van der Waals surface area contributed by atoms with Crippen LogP contribution in [0.4, 0.5) is 5.95 Å². The van der Waals surface area contributed by atoms with E-state index >= 15 is 0 Å². The Balaban J connectivity index is 1.65. The van der Waals surface area contributed by atoms with Gasteiger partial charge in [0.1, 0.15) is 0 Å². The number of nitrogens with one attached hydrogen (secondary N) is 1. The Morgan fingerprint density at radius 3 is 2.41 bits per heavy atom. The largest absolute Gasteiger partial charge is 0.245 e. The number of hydrogen-bond acceptors (Lipinski definition) is 4. The number of rotatable bonds is 5. The van der Waals surface area contributed by atoms with Crippen LogP contribution in [0.2, 0.25) is 5.02 Å². The van der Waals surface area contributed by atoms with Crippen LogP contribution >= 0.6 is 11.6 Å². The number of nitrogens with zero attached hydrogens (tertiary/aromatic N) is 3. The zero-order valence-electron chi connectivity index (χ0n) is 16.3. The van der Waals surface area contributed by atoms with Gasteiger partial charge in [-0.05, 0) is 35.2 Å². The standard InChI is InChI=1S/C24H21ClN4/c1-16(2)18-10-8-17(9-11-18)15-26-29-24-27-22-13-12-20(25)14-21(22)23(28-24)19-6-4-3-5-7-19/h3-16H,1-2H3,(H,27,28,29). The van der Waals surface area contributed by atoms with Gasteiger partial charge in [-0.2, -0.15) is 5.10 Å². The van der Waals surface area contributed by atoms with E-state index in [1.807, 2.05) is 48.5 Å². The van der Waals surface area contributed by atoms with Crippen LogP contribution in [-0.4, -0.2) is 16.2 Å². The number of anilines is 1. The monoisotopic (exact) mass is 400 g/mol. The van der Waals surface area contributed by atoms with E-state index in [0.29, 0.717) is 16.9 Å². The Morgan fingerprint density at radius 1 is 0.931 bits per heavy atom. The Morgan fingerprint density at radius 2 is 1.69 bits per heavy atom. The van der Waals surface area contributed by atoms with Crippen molar-refractivity contribution in [3.63, 3.8) is 0 Å². The van der Waals surface area contributed by atoms with Gasteiger partial charge in [0.05, 0.1) is 17.4 Å². The molecule has 0 spiro atoms. The lowest BCUT2D eigenvalue weighted by molar-refractivity contribution is 0.866. The van der Waals surface area contributed by atoms with E-state index in [-0.39, 0.29) is 0 Å². The molecule has 0 bridgehead atoms. The molecule has 0 saturated heterocycles. The van der Waals surface area contributed by atoms with E-state index in [2.05, 4.69) is 58.6 Å². The lowest BCUT2D eigenvalue weighted by Gasteiger charge is -2.09. The third-order valence-electron chi connectivity index (χ3n) is 4.69. The fraction of sp³-hybridized carbons (Fsp3) is 0.125. The van der Waals surface area contributed by atoms with Crippen molar-refractivity contribution in [2.45, 2.75) is 19.8 Å². The molecule has 0 saturated carbocycles. The van der Waals surface area contributed by atoms with Gasteiger partial charge in [-0.15, -0.1) is 0 Å². The first kappa shape index (κ1) is 19.1. The van der Waals surface area contributed by atoms with Crippen molar-refractivity contribution in [2.75, 3.05) is 5.43 Å². The maximum absolute atomic E-state index is 6.21. The van der Waals surface area contributed by atoms with Crippen molar-refractivity contribution in [2.24, 2.45) is 5.10 Å². The number of aromatic nitrogens is 2. The van der Waals surface area contributed by atoms with Crippen LogP contribution in [0.3, 0.4) is 0 Å². The summed E-state index contributed by atoms with van der Waals surface area (Å²) >= 11 is 6.21. The van der Waals surface area contributed by atoms with Gasteiger partial charge in [0, 0.05) is 16.0 Å². The topological polar surface area (TPSA) is 50.2 Å². The summed E-state index contributed by atoms with van der Waals surface area (Å²) in [4.78, 5) is 9.26. The molecule has 5 heteroatoms. The SMILES string of the molecule is CC(C)c1ccc(C=NNc2nc(-c3ccccc3)c3cc(Cl)ccc3n2)cc1. The van der Waals surface area contributed by atoms with Crippen LogP contribution in [0.1, 0.15) is 30.9 Å². The van der Waals surface area contributed by atoms with Gasteiger partial charge in [-0.3, -0.25) is 0 Å². The normalized spacial score (nSPS) is 11.4. The highest BCUT2D eigenvalue weighted by Gasteiger charge is 2.10. The third-order valence-corrected chi connectivity index (χ3v) is 4.92. The van der Waals surface area contributed by atoms with E-state index in [1.54, 1.807) is 6.21 Å². The average molecular weight is 401 g/mol. The van der Waals surface area contributed by atoms with Crippen molar-refractivity contribution in [3.05, 3.63) is 88.9 Å². The first-order valence-corrected chi connectivity index (χ1v) is 9.90. The van der Waals surface area contributed by atoms with Crippen LogP contribution in [0.5, 0.6) is 0 Å². The Hall–Kier alpha value is -3.24. The molecular weight excluding hydrogens is 380 g/mol. The summed E-state index contributed by atoms with van der Waals surface area (Å²) in [5.41, 5.74) is 7.90. The number of hydrazone groups is 1. The smallest absolute Gasteiger partial charge is 0.244 e. The summed E-state index contributed by atoms with van der Waals surface area (Å²) < 4.78 is 0. The molecule has 144 valence electrons. The van der Waals surface area contributed by atoms with Gasteiger partial charge in [0.25, 0.3) is 0 Å². The lowest BCUT2D eigenvalue weighted by atomic mass is 10.0. The molecule has 1 aromatic heterocycles. The molecule has 0 fully saturated rings. The molecule has 4 nitrogen and oxygen atoms in total. The Labute approximate surface area is 175 Å². The first-order valence-electron chi connectivity index (χ1n) is 9.52. The van der Waals surface area contributed by atoms with Crippen LogP contribution in [-0.2, 0) is 0 Å². The number of benzene rings is 3. The molecule has 0 amide bonds. The highest BCUT2D eigenvalue weighted by molar-refractivity contribution is 6.31. The Kier molecular flexibility index (Phi) is 5.54. The van der Waals surface area contributed by atoms with Crippen molar-refractivity contribution in [1.29, 1.82) is 0 Å². The second kappa shape index (κ2) is 8.41. The minimum absolute atomic E-state index is 0.439. The van der Waals surface area contributed by atoms with Gasteiger partial charge in [0.15, 0.2) is 0 Å². The van der Waals surface area contributed by atoms with E-state index in [1.165, 1.54) is 5.56 Å². The molecule has 4 aromatic rings. The minimum Gasteiger partial charge on any atom is -0.245 e. The second-order valence-corrected chi connectivity index (χ2v) is 7.55. The summed E-state index contributed by atoms with van der Waals surface area (Å²) in [5, 5.41) is 5.88. The first-order chi connectivity index (χ1) is 14.1. The number of halogens is 1. The van der Waals surface area contributed by atoms with Crippen molar-refractivity contribution >= 4 is 34.7 Å². The van der Waals surface area contributed by atoms with E-state index in [9.17, 15) is 0 Å². The van der Waals surface area contributed by atoms with Crippen LogP contribution in [0.15, 0.2) is 77.9 Å². The third kappa shape index (κ3) is 4.44. The molecule has 0 unspecified atom stereocenters. The Bertz CT molecular complexity index is 1150. The highest BCUT2D eigenvalue weighted by atomic mass is 35.5. The molecule has 0 radical (unpaired) electrons. The van der Waals surface area contributed by atoms with Crippen LogP contribution < -0.4 is 5.43 Å². The second-order valence-electron chi connectivity index (χ2n) is 7.11. The molecule has 1 heterocycles. The summed E-state index contributed by atoms with van der Waals surface area (Å²) in [6.45, 7) is 4.36. The number of fused-ring (bicyclic) bond motifs is 1. The molecule has 3 aromatic carbocycles. The molecule has 1 N–H and O–H groups in total. The van der Waals surface area contributed by atoms with Crippen molar-refractivity contribution in [1.82, 2.24) is 9.97 Å².